The lowest BCUT2D eigenvalue weighted by molar-refractivity contribution is -0.147. The van der Waals surface area contributed by atoms with Gasteiger partial charge < -0.3 is 10.1 Å². The number of benzene rings is 1. The van der Waals surface area contributed by atoms with Crippen molar-refractivity contribution in [2.24, 2.45) is 5.92 Å². The normalized spacial score (nSPS) is 16.4. The molecule has 6 heteroatoms. The van der Waals surface area contributed by atoms with E-state index in [1.807, 2.05) is 31.2 Å². The Morgan fingerprint density at radius 2 is 1.92 bits per heavy atom. The smallest absolute Gasteiger partial charge is 0.323 e. The van der Waals surface area contributed by atoms with Gasteiger partial charge in [-0.3, -0.25) is 14.8 Å². The van der Waals surface area contributed by atoms with Crippen LogP contribution < -0.4 is 10.8 Å². The van der Waals surface area contributed by atoms with Crippen LogP contribution in [0.4, 0.5) is 0 Å². The summed E-state index contributed by atoms with van der Waals surface area (Å²) in [5.41, 5.74) is 3.46. The minimum atomic E-state index is -0.569. The third kappa shape index (κ3) is 6.28. The predicted molar refractivity (Wildman–Crippen MR) is 99.2 cm³/mol. The zero-order valence-corrected chi connectivity index (χ0v) is 15.2. The van der Waals surface area contributed by atoms with Crippen molar-refractivity contribution < 1.29 is 19.5 Å². The van der Waals surface area contributed by atoms with Gasteiger partial charge in [-0.05, 0) is 42.9 Å². The number of amides is 1. The van der Waals surface area contributed by atoms with Gasteiger partial charge in [-0.1, -0.05) is 43.5 Å². The second-order valence-electron chi connectivity index (χ2n) is 6.56. The average molecular weight is 360 g/mol. The van der Waals surface area contributed by atoms with Gasteiger partial charge in [0, 0.05) is 12.6 Å². The van der Waals surface area contributed by atoms with Gasteiger partial charge in [0.1, 0.15) is 6.04 Å². The zero-order valence-electron chi connectivity index (χ0n) is 15.2. The van der Waals surface area contributed by atoms with E-state index in [1.165, 1.54) is 25.3 Å². The quantitative estimate of drug-likeness (QED) is 0.287. The van der Waals surface area contributed by atoms with Crippen molar-refractivity contribution in [3.63, 3.8) is 0 Å². The molecule has 3 N–H and O–H groups in total. The van der Waals surface area contributed by atoms with Gasteiger partial charge in [-0.15, -0.1) is 0 Å². The van der Waals surface area contributed by atoms with Crippen molar-refractivity contribution in [2.75, 3.05) is 6.61 Å². The Morgan fingerprint density at radius 1 is 1.23 bits per heavy atom. The molecule has 0 radical (unpaired) electrons. The molecular weight excluding hydrogens is 332 g/mol. The molecule has 1 amide bonds. The van der Waals surface area contributed by atoms with Crippen molar-refractivity contribution in [2.45, 2.75) is 51.6 Å². The Bertz CT molecular complexity index is 607. The van der Waals surface area contributed by atoms with E-state index in [4.69, 9.17) is 9.94 Å². The molecule has 1 atom stereocenters. The first-order chi connectivity index (χ1) is 12.6. The standard InChI is InChI=1S/C20H28N2O4/c1-2-26-20(24)19(17-6-4-3-5-7-17)21-14-16-10-8-15(9-11-16)12-13-18(23)22-25/h8-13,17,19,21,25H,2-7,14H2,1H3,(H,22,23)/b13-12+/t19-/m0/s1. The molecule has 6 nitrogen and oxygen atoms in total. The number of rotatable bonds is 8. The minimum absolute atomic E-state index is 0.158. The van der Waals surface area contributed by atoms with Crippen LogP contribution in [0.3, 0.4) is 0 Å². The lowest BCUT2D eigenvalue weighted by Crippen LogP contribution is -2.44. The fraction of sp³-hybridized carbons (Fsp3) is 0.500. The van der Waals surface area contributed by atoms with E-state index >= 15 is 0 Å². The van der Waals surface area contributed by atoms with Gasteiger partial charge in [0.2, 0.25) is 0 Å². The van der Waals surface area contributed by atoms with E-state index in [2.05, 4.69) is 5.32 Å². The summed E-state index contributed by atoms with van der Waals surface area (Å²) in [4.78, 5) is 23.3. The van der Waals surface area contributed by atoms with E-state index in [-0.39, 0.29) is 12.0 Å². The van der Waals surface area contributed by atoms with Crippen LogP contribution in [-0.2, 0) is 20.9 Å². The summed E-state index contributed by atoms with van der Waals surface area (Å²) in [6, 6.07) is 7.42. The molecule has 0 aliphatic heterocycles. The Labute approximate surface area is 154 Å². The van der Waals surface area contributed by atoms with Crippen molar-refractivity contribution >= 4 is 18.0 Å². The fourth-order valence-electron chi connectivity index (χ4n) is 3.33. The lowest BCUT2D eigenvalue weighted by atomic mass is 9.84. The molecule has 0 saturated heterocycles. The van der Waals surface area contributed by atoms with E-state index < -0.39 is 5.91 Å². The van der Waals surface area contributed by atoms with Crippen molar-refractivity contribution in [1.82, 2.24) is 10.8 Å². The van der Waals surface area contributed by atoms with Gasteiger partial charge in [-0.25, -0.2) is 5.48 Å². The molecular formula is C20H28N2O4. The molecule has 142 valence electrons. The zero-order chi connectivity index (χ0) is 18.8. The monoisotopic (exact) mass is 360 g/mol. The number of ether oxygens (including phenoxy) is 1. The van der Waals surface area contributed by atoms with Crippen LogP contribution in [0.1, 0.15) is 50.2 Å². The SMILES string of the molecule is CCOC(=O)[C@@H](NCc1ccc(/C=C/C(=O)NO)cc1)C1CCCCC1. The predicted octanol–water partition coefficient (Wildman–Crippen LogP) is 2.81. The highest BCUT2D eigenvalue weighted by molar-refractivity contribution is 5.90. The summed E-state index contributed by atoms with van der Waals surface area (Å²) in [6.45, 7) is 2.81. The number of carbonyl (C=O) groups is 2. The topological polar surface area (TPSA) is 87.7 Å². The summed E-state index contributed by atoms with van der Waals surface area (Å²) in [5, 5.41) is 11.9. The fourth-order valence-corrected chi connectivity index (χ4v) is 3.33. The molecule has 1 aliphatic rings. The van der Waals surface area contributed by atoms with Crippen LogP contribution in [0.15, 0.2) is 30.3 Å². The van der Waals surface area contributed by atoms with E-state index in [9.17, 15) is 9.59 Å². The van der Waals surface area contributed by atoms with Crippen molar-refractivity contribution in [1.29, 1.82) is 0 Å². The van der Waals surface area contributed by atoms with E-state index in [0.717, 1.165) is 24.0 Å². The second-order valence-corrected chi connectivity index (χ2v) is 6.56. The van der Waals surface area contributed by atoms with Gasteiger partial charge in [0.05, 0.1) is 6.61 Å². The molecule has 1 fully saturated rings. The van der Waals surface area contributed by atoms with Crippen LogP contribution in [-0.4, -0.2) is 29.7 Å². The van der Waals surface area contributed by atoms with Crippen LogP contribution in [0, 0.1) is 5.92 Å². The van der Waals surface area contributed by atoms with E-state index in [0.29, 0.717) is 19.1 Å². The molecule has 0 aromatic heterocycles. The average Bonchev–Trinajstić information content (AvgIpc) is 2.68. The summed E-state index contributed by atoms with van der Waals surface area (Å²) >= 11 is 0. The van der Waals surface area contributed by atoms with Crippen LogP contribution >= 0.6 is 0 Å². The summed E-state index contributed by atoms with van der Waals surface area (Å²) in [7, 11) is 0. The molecule has 0 heterocycles. The van der Waals surface area contributed by atoms with Gasteiger partial charge in [0.25, 0.3) is 5.91 Å². The third-order valence-corrected chi connectivity index (χ3v) is 4.70. The highest BCUT2D eigenvalue weighted by atomic mass is 16.5. The Morgan fingerprint density at radius 3 is 2.54 bits per heavy atom. The highest BCUT2D eigenvalue weighted by Gasteiger charge is 2.30. The van der Waals surface area contributed by atoms with Crippen LogP contribution in [0.25, 0.3) is 6.08 Å². The molecule has 2 rings (SSSR count). The molecule has 1 aromatic carbocycles. The number of esters is 1. The second kappa shape index (κ2) is 10.7. The minimum Gasteiger partial charge on any atom is -0.465 e. The number of hydrogen-bond acceptors (Lipinski definition) is 5. The Hall–Kier alpha value is -2.18. The number of hydrogen-bond donors (Lipinski definition) is 3. The molecule has 1 aromatic rings. The summed E-state index contributed by atoms with van der Waals surface area (Å²) in [6.07, 6.45) is 8.59. The maximum atomic E-state index is 12.3. The number of hydroxylamine groups is 1. The molecule has 0 bridgehead atoms. The van der Waals surface area contributed by atoms with Crippen LogP contribution in [0.5, 0.6) is 0 Å². The lowest BCUT2D eigenvalue weighted by Gasteiger charge is -2.29. The molecule has 0 unspecified atom stereocenters. The van der Waals surface area contributed by atoms with Gasteiger partial charge in [0.15, 0.2) is 0 Å². The highest BCUT2D eigenvalue weighted by Crippen LogP contribution is 2.27. The van der Waals surface area contributed by atoms with Crippen LogP contribution in [0.2, 0.25) is 0 Å². The number of nitrogens with one attached hydrogen (secondary N) is 2. The molecule has 1 aliphatic carbocycles. The first kappa shape index (κ1) is 20.1. The number of carbonyl (C=O) groups excluding carboxylic acids is 2. The Balaban J connectivity index is 1.95. The maximum Gasteiger partial charge on any atom is 0.323 e. The van der Waals surface area contributed by atoms with Crippen molar-refractivity contribution in [3.8, 4) is 0 Å². The third-order valence-electron chi connectivity index (χ3n) is 4.70. The van der Waals surface area contributed by atoms with Crippen molar-refractivity contribution in [3.05, 3.63) is 41.5 Å². The van der Waals surface area contributed by atoms with E-state index in [1.54, 1.807) is 11.6 Å². The first-order valence-electron chi connectivity index (χ1n) is 9.25. The largest absolute Gasteiger partial charge is 0.465 e. The Kier molecular flexibility index (Phi) is 8.31. The van der Waals surface area contributed by atoms with Gasteiger partial charge in [-0.2, -0.15) is 0 Å². The molecule has 1 saturated carbocycles. The first-order valence-corrected chi connectivity index (χ1v) is 9.25. The van der Waals surface area contributed by atoms with Gasteiger partial charge >= 0.3 is 5.97 Å². The molecule has 0 spiro atoms. The summed E-state index contributed by atoms with van der Waals surface area (Å²) in [5.74, 6) is -0.392. The maximum absolute atomic E-state index is 12.3. The summed E-state index contributed by atoms with van der Waals surface area (Å²) < 4.78 is 5.26. The molecule has 26 heavy (non-hydrogen) atoms.